The van der Waals surface area contributed by atoms with Crippen LogP contribution in [0.5, 0.6) is 0 Å². The fourth-order valence-electron chi connectivity index (χ4n) is 1.81. The molecular formula is C11H10N4O2S. The van der Waals surface area contributed by atoms with Crippen molar-refractivity contribution in [2.75, 3.05) is 0 Å². The van der Waals surface area contributed by atoms with E-state index in [1.165, 1.54) is 4.57 Å². The Balaban J connectivity index is 2.90. The highest BCUT2D eigenvalue weighted by Gasteiger charge is 2.18. The number of amides is 1. The van der Waals surface area contributed by atoms with Crippen molar-refractivity contribution in [3.63, 3.8) is 0 Å². The van der Waals surface area contributed by atoms with Gasteiger partial charge in [-0.05, 0) is 19.4 Å². The number of hydrogen-bond donors (Lipinski definition) is 1. The van der Waals surface area contributed by atoms with E-state index in [9.17, 15) is 9.59 Å². The summed E-state index contributed by atoms with van der Waals surface area (Å²) in [6, 6.07) is 1.91. The minimum Gasteiger partial charge on any atom is -0.365 e. The van der Waals surface area contributed by atoms with Crippen molar-refractivity contribution in [3.8, 4) is 6.07 Å². The predicted molar refractivity (Wildman–Crippen MR) is 67.5 cm³/mol. The monoisotopic (exact) mass is 262 g/mol. The van der Waals surface area contributed by atoms with E-state index in [1.54, 1.807) is 13.8 Å². The molecule has 0 aromatic carbocycles. The number of fused-ring (bicyclic) bond motifs is 1. The predicted octanol–water partition coefficient (Wildman–Crippen LogP) is 0.697. The second-order valence-corrected chi connectivity index (χ2v) is 4.81. The first-order chi connectivity index (χ1) is 8.47. The van der Waals surface area contributed by atoms with Gasteiger partial charge in [0.05, 0.1) is 16.3 Å². The molecule has 2 rings (SSSR count). The molecular weight excluding hydrogens is 252 g/mol. The molecule has 18 heavy (non-hydrogen) atoms. The smallest absolute Gasteiger partial charge is 0.263 e. The van der Waals surface area contributed by atoms with Crippen molar-refractivity contribution in [1.29, 1.82) is 5.26 Å². The molecule has 0 atom stereocenters. The summed E-state index contributed by atoms with van der Waals surface area (Å²) in [6.45, 7) is 3.25. The zero-order valence-corrected chi connectivity index (χ0v) is 10.7. The van der Waals surface area contributed by atoms with Crippen molar-refractivity contribution in [2.24, 2.45) is 5.73 Å². The van der Waals surface area contributed by atoms with Crippen LogP contribution in [0.3, 0.4) is 0 Å². The molecule has 2 N–H and O–H groups in total. The number of nitrogens with zero attached hydrogens (tertiary/aromatic N) is 3. The van der Waals surface area contributed by atoms with Gasteiger partial charge in [-0.1, -0.05) is 0 Å². The zero-order chi connectivity index (χ0) is 13.4. The molecule has 7 heteroatoms. The van der Waals surface area contributed by atoms with Crippen molar-refractivity contribution in [2.45, 2.75) is 20.4 Å². The molecule has 2 heterocycles. The summed E-state index contributed by atoms with van der Waals surface area (Å²) in [6.07, 6.45) is 0. The Bertz CT molecular complexity index is 751. The largest absolute Gasteiger partial charge is 0.365 e. The van der Waals surface area contributed by atoms with Gasteiger partial charge in [-0.3, -0.25) is 14.2 Å². The number of rotatable bonds is 2. The van der Waals surface area contributed by atoms with Crippen LogP contribution in [0.4, 0.5) is 0 Å². The van der Waals surface area contributed by atoms with Crippen LogP contribution in [-0.2, 0) is 6.54 Å². The van der Waals surface area contributed by atoms with Gasteiger partial charge >= 0.3 is 0 Å². The highest BCUT2D eigenvalue weighted by atomic mass is 32.1. The minimum absolute atomic E-state index is 0.0607. The Labute approximate surface area is 106 Å². The lowest BCUT2D eigenvalue weighted by atomic mass is 10.2. The quantitative estimate of drug-likeness (QED) is 0.860. The van der Waals surface area contributed by atoms with Crippen LogP contribution in [0, 0.1) is 25.2 Å². The molecule has 0 bridgehead atoms. The van der Waals surface area contributed by atoms with E-state index in [0.29, 0.717) is 26.5 Å². The van der Waals surface area contributed by atoms with Gasteiger partial charge in [0.2, 0.25) is 0 Å². The second-order valence-electron chi connectivity index (χ2n) is 3.81. The molecule has 0 spiro atoms. The van der Waals surface area contributed by atoms with Gasteiger partial charge in [-0.15, -0.1) is 11.3 Å². The van der Waals surface area contributed by atoms with E-state index in [2.05, 4.69) is 4.98 Å². The normalized spacial score (nSPS) is 10.5. The van der Waals surface area contributed by atoms with E-state index in [-0.39, 0.29) is 12.1 Å². The van der Waals surface area contributed by atoms with Crippen LogP contribution in [0.25, 0.3) is 10.2 Å². The number of aromatic nitrogens is 2. The van der Waals surface area contributed by atoms with Gasteiger partial charge in [-0.2, -0.15) is 5.26 Å². The first-order valence-electron chi connectivity index (χ1n) is 5.14. The third kappa shape index (κ3) is 1.67. The van der Waals surface area contributed by atoms with Crippen molar-refractivity contribution in [3.05, 3.63) is 26.6 Å². The summed E-state index contributed by atoms with van der Waals surface area (Å²) in [7, 11) is 0. The SMILES string of the molecule is Cc1c(C(N)=O)sc2nc(C)n(CC#N)c(=O)c12. The molecule has 0 radical (unpaired) electrons. The Morgan fingerprint density at radius 2 is 2.22 bits per heavy atom. The van der Waals surface area contributed by atoms with Gasteiger partial charge in [-0.25, -0.2) is 4.98 Å². The number of primary amides is 1. The highest BCUT2D eigenvalue weighted by molar-refractivity contribution is 7.20. The summed E-state index contributed by atoms with van der Waals surface area (Å²) in [5, 5.41) is 9.06. The molecule has 0 aliphatic heterocycles. The second kappa shape index (κ2) is 4.23. The summed E-state index contributed by atoms with van der Waals surface area (Å²) in [4.78, 5) is 28.5. The van der Waals surface area contributed by atoms with Crippen LogP contribution < -0.4 is 11.3 Å². The summed E-state index contributed by atoms with van der Waals surface area (Å²) >= 11 is 1.11. The molecule has 0 aliphatic carbocycles. The molecule has 6 nitrogen and oxygen atoms in total. The first-order valence-corrected chi connectivity index (χ1v) is 5.96. The zero-order valence-electron chi connectivity index (χ0n) is 9.85. The fraction of sp³-hybridized carbons (Fsp3) is 0.273. The van der Waals surface area contributed by atoms with Crippen molar-refractivity contribution in [1.82, 2.24) is 9.55 Å². The molecule has 0 aliphatic rings. The first kappa shape index (κ1) is 12.3. The Hall–Kier alpha value is -2.20. The molecule has 0 unspecified atom stereocenters. The number of aryl methyl sites for hydroxylation is 2. The molecule has 0 fully saturated rings. The van der Waals surface area contributed by atoms with Crippen LogP contribution >= 0.6 is 11.3 Å². The van der Waals surface area contributed by atoms with E-state index in [1.807, 2.05) is 6.07 Å². The molecule has 0 saturated heterocycles. The lowest BCUT2D eigenvalue weighted by Crippen LogP contribution is -2.23. The fourth-order valence-corrected chi connectivity index (χ4v) is 2.88. The lowest BCUT2D eigenvalue weighted by Gasteiger charge is -2.04. The molecule has 0 saturated carbocycles. The highest BCUT2D eigenvalue weighted by Crippen LogP contribution is 2.26. The molecule has 1 amide bonds. The van der Waals surface area contributed by atoms with E-state index in [4.69, 9.17) is 11.0 Å². The van der Waals surface area contributed by atoms with E-state index in [0.717, 1.165) is 11.3 Å². The van der Waals surface area contributed by atoms with Crippen LogP contribution in [0.1, 0.15) is 21.1 Å². The van der Waals surface area contributed by atoms with Crippen molar-refractivity contribution < 1.29 is 4.79 Å². The summed E-state index contributed by atoms with van der Waals surface area (Å²) in [5.74, 6) is -0.120. The third-order valence-corrected chi connectivity index (χ3v) is 3.89. The Morgan fingerprint density at radius 1 is 1.56 bits per heavy atom. The molecule has 92 valence electrons. The molecule has 2 aromatic heterocycles. The maximum Gasteiger partial charge on any atom is 0.263 e. The number of carbonyl (C=O) groups excluding carboxylic acids is 1. The maximum absolute atomic E-state index is 12.2. The van der Waals surface area contributed by atoms with Gasteiger partial charge < -0.3 is 5.73 Å². The Kier molecular flexibility index (Phi) is 2.88. The molecule has 2 aromatic rings. The maximum atomic E-state index is 12.2. The van der Waals surface area contributed by atoms with Crippen LogP contribution in [0.2, 0.25) is 0 Å². The van der Waals surface area contributed by atoms with E-state index >= 15 is 0 Å². The van der Waals surface area contributed by atoms with Crippen LogP contribution in [0.15, 0.2) is 4.79 Å². The average molecular weight is 262 g/mol. The van der Waals surface area contributed by atoms with Gasteiger partial charge in [0, 0.05) is 0 Å². The standard InChI is InChI=1S/C11H10N4O2S/c1-5-7-10(18-8(5)9(13)16)14-6(2)15(4-3-12)11(7)17/h4H2,1-2H3,(H2,13,16). The summed E-state index contributed by atoms with van der Waals surface area (Å²) < 4.78 is 1.28. The number of thiophene rings is 1. The van der Waals surface area contributed by atoms with Crippen LogP contribution in [-0.4, -0.2) is 15.5 Å². The van der Waals surface area contributed by atoms with Crippen molar-refractivity contribution >= 4 is 27.5 Å². The average Bonchev–Trinajstić information content (AvgIpc) is 2.62. The topological polar surface area (TPSA) is 102 Å². The third-order valence-electron chi connectivity index (χ3n) is 2.69. The van der Waals surface area contributed by atoms with Gasteiger partial charge in [0.15, 0.2) is 0 Å². The lowest BCUT2D eigenvalue weighted by molar-refractivity contribution is 0.100. The van der Waals surface area contributed by atoms with Gasteiger partial charge in [0.1, 0.15) is 17.2 Å². The minimum atomic E-state index is -0.570. The number of carbonyl (C=O) groups is 1. The van der Waals surface area contributed by atoms with E-state index < -0.39 is 5.91 Å². The number of nitrogens with two attached hydrogens (primary N) is 1. The van der Waals surface area contributed by atoms with Gasteiger partial charge in [0.25, 0.3) is 11.5 Å². The summed E-state index contributed by atoms with van der Waals surface area (Å²) in [5.41, 5.74) is 5.47. The number of hydrogen-bond acceptors (Lipinski definition) is 5. The number of nitriles is 1. The Morgan fingerprint density at radius 3 is 2.78 bits per heavy atom.